The van der Waals surface area contributed by atoms with Crippen LogP contribution in [-0.2, 0) is 14.6 Å². The van der Waals surface area contributed by atoms with Gasteiger partial charge in [-0.2, -0.15) is 0 Å². The minimum absolute atomic E-state index is 0.0467. The molecule has 2 rings (SSSR count). The Morgan fingerprint density at radius 2 is 1.85 bits per heavy atom. The fourth-order valence-electron chi connectivity index (χ4n) is 2.90. The average molecular weight is 309 g/mol. The van der Waals surface area contributed by atoms with E-state index in [1.807, 2.05) is 0 Å². The van der Waals surface area contributed by atoms with Gasteiger partial charge in [0.15, 0.2) is 9.84 Å². The van der Waals surface area contributed by atoms with Gasteiger partial charge in [-0.05, 0) is 25.7 Å². The minimum Gasteiger partial charge on any atom is -0.354 e. The molecule has 0 radical (unpaired) electrons. The summed E-state index contributed by atoms with van der Waals surface area (Å²) in [7, 11) is -3.20. The van der Waals surface area contributed by atoms with Crippen LogP contribution in [-0.4, -0.2) is 37.8 Å². The normalized spacial score (nSPS) is 23.2. The molecule has 0 heterocycles. The van der Waals surface area contributed by atoms with Gasteiger partial charge in [-0.3, -0.25) is 4.79 Å². The lowest BCUT2D eigenvalue weighted by Crippen LogP contribution is -2.50. The van der Waals surface area contributed by atoms with E-state index in [2.05, 4.69) is 5.32 Å². The van der Waals surface area contributed by atoms with E-state index >= 15 is 0 Å². The number of carbonyl (C=O) groups is 1. The Morgan fingerprint density at radius 1 is 1.25 bits per heavy atom. The molecule has 4 nitrogen and oxygen atoms in total. The van der Waals surface area contributed by atoms with Gasteiger partial charge in [0.1, 0.15) is 0 Å². The first-order valence-electron chi connectivity index (χ1n) is 7.06. The van der Waals surface area contributed by atoms with Gasteiger partial charge in [0.2, 0.25) is 12.3 Å². The van der Waals surface area contributed by atoms with E-state index in [1.165, 1.54) is 0 Å². The SMILES string of the molecule is CCS(=O)(=O)C1(CNC(=O)C2(CC(F)F)CCC2)CC1. The van der Waals surface area contributed by atoms with Gasteiger partial charge in [-0.1, -0.05) is 13.3 Å². The number of alkyl halides is 2. The van der Waals surface area contributed by atoms with Crippen molar-refractivity contribution in [2.24, 2.45) is 5.41 Å². The van der Waals surface area contributed by atoms with Crippen LogP contribution < -0.4 is 5.32 Å². The van der Waals surface area contributed by atoms with Gasteiger partial charge >= 0.3 is 0 Å². The molecular weight excluding hydrogens is 288 g/mol. The fraction of sp³-hybridized carbons (Fsp3) is 0.923. The lowest BCUT2D eigenvalue weighted by molar-refractivity contribution is -0.139. The van der Waals surface area contributed by atoms with Gasteiger partial charge in [0.25, 0.3) is 0 Å². The second kappa shape index (κ2) is 5.24. The second-order valence-corrected chi connectivity index (χ2v) is 8.67. The maximum atomic E-state index is 12.6. The molecule has 0 unspecified atom stereocenters. The number of hydrogen-bond donors (Lipinski definition) is 1. The highest BCUT2D eigenvalue weighted by atomic mass is 32.2. The van der Waals surface area contributed by atoms with E-state index in [9.17, 15) is 22.0 Å². The first kappa shape index (κ1) is 15.7. The van der Waals surface area contributed by atoms with Crippen LogP contribution in [0, 0.1) is 5.41 Å². The third-order valence-corrected chi connectivity index (χ3v) is 7.39. The molecular formula is C13H21F2NO3S. The van der Waals surface area contributed by atoms with Crippen LogP contribution in [0.25, 0.3) is 0 Å². The zero-order valence-corrected chi connectivity index (χ0v) is 12.4. The van der Waals surface area contributed by atoms with Crippen molar-refractivity contribution in [1.82, 2.24) is 5.32 Å². The van der Waals surface area contributed by atoms with Crippen molar-refractivity contribution in [1.29, 1.82) is 0 Å². The molecule has 0 aromatic rings. The molecule has 0 saturated heterocycles. The van der Waals surface area contributed by atoms with Crippen molar-refractivity contribution in [2.45, 2.75) is 56.6 Å². The first-order chi connectivity index (χ1) is 9.27. The molecule has 0 spiro atoms. The number of carbonyl (C=O) groups excluding carboxylic acids is 1. The Balaban J connectivity index is 1.96. The Morgan fingerprint density at radius 3 is 2.20 bits per heavy atom. The van der Waals surface area contributed by atoms with Gasteiger partial charge in [0, 0.05) is 18.7 Å². The molecule has 1 N–H and O–H groups in total. The van der Waals surface area contributed by atoms with Crippen LogP contribution in [0.4, 0.5) is 8.78 Å². The lowest BCUT2D eigenvalue weighted by Gasteiger charge is -2.40. The van der Waals surface area contributed by atoms with E-state index in [0.717, 1.165) is 6.42 Å². The summed E-state index contributed by atoms with van der Waals surface area (Å²) in [5, 5.41) is 2.62. The predicted molar refractivity (Wildman–Crippen MR) is 71.3 cm³/mol. The van der Waals surface area contributed by atoms with E-state index in [-0.39, 0.29) is 12.3 Å². The van der Waals surface area contributed by atoms with Crippen LogP contribution in [0.1, 0.15) is 45.4 Å². The van der Waals surface area contributed by atoms with Gasteiger partial charge < -0.3 is 5.32 Å². The number of sulfone groups is 1. The number of nitrogens with one attached hydrogen (secondary N) is 1. The molecule has 2 aliphatic rings. The van der Waals surface area contributed by atoms with E-state index in [4.69, 9.17) is 0 Å². The number of hydrogen-bond acceptors (Lipinski definition) is 3. The number of rotatable bonds is 7. The Labute approximate surface area is 118 Å². The molecule has 116 valence electrons. The van der Waals surface area contributed by atoms with Crippen LogP contribution in [0.15, 0.2) is 0 Å². The molecule has 20 heavy (non-hydrogen) atoms. The van der Waals surface area contributed by atoms with Gasteiger partial charge in [-0.25, -0.2) is 17.2 Å². The molecule has 0 aromatic carbocycles. The average Bonchev–Trinajstić information content (AvgIpc) is 3.12. The summed E-state index contributed by atoms with van der Waals surface area (Å²) >= 11 is 0. The molecule has 0 aliphatic heterocycles. The maximum absolute atomic E-state index is 12.6. The summed E-state index contributed by atoms with van der Waals surface area (Å²) in [5.41, 5.74) is -0.972. The summed E-state index contributed by atoms with van der Waals surface area (Å²) in [6, 6.07) is 0. The van der Waals surface area contributed by atoms with Crippen molar-refractivity contribution in [3.05, 3.63) is 0 Å². The zero-order chi connectivity index (χ0) is 15.0. The smallest absolute Gasteiger partial charge is 0.239 e. The van der Waals surface area contributed by atoms with Gasteiger partial charge in [-0.15, -0.1) is 0 Å². The Bertz CT molecular complexity index is 482. The molecule has 7 heteroatoms. The van der Waals surface area contributed by atoms with E-state index in [0.29, 0.717) is 25.7 Å². The summed E-state index contributed by atoms with van der Waals surface area (Å²) in [5.74, 6) is -0.355. The maximum Gasteiger partial charge on any atom is 0.239 e. The highest BCUT2D eigenvalue weighted by Gasteiger charge is 2.54. The highest BCUT2D eigenvalue weighted by Crippen LogP contribution is 2.47. The third kappa shape index (κ3) is 2.69. The van der Waals surface area contributed by atoms with Crippen LogP contribution in [0.2, 0.25) is 0 Å². The van der Waals surface area contributed by atoms with E-state index in [1.54, 1.807) is 6.92 Å². The van der Waals surface area contributed by atoms with Crippen molar-refractivity contribution in [3.8, 4) is 0 Å². The van der Waals surface area contributed by atoms with Crippen molar-refractivity contribution >= 4 is 15.7 Å². The quantitative estimate of drug-likeness (QED) is 0.781. The molecule has 2 fully saturated rings. The van der Waals surface area contributed by atoms with Crippen LogP contribution >= 0.6 is 0 Å². The molecule has 0 atom stereocenters. The summed E-state index contributed by atoms with van der Waals surface area (Å²) < 4.78 is 48.2. The molecule has 0 aromatic heterocycles. The monoisotopic (exact) mass is 309 g/mol. The largest absolute Gasteiger partial charge is 0.354 e. The van der Waals surface area contributed by atoms with Gasteiger partial charge in [0.05, 0.1) is 10.2 Å². The standard InChI is InChI=1S/C13H21F2NO3S/c1-2-20(18,19)13(6-7-13)9-16-11(17)12(4-3-5-12)8-10(14)15/h10H,2-9H2,1H3,(H,16,17). The van der Waals surface area contributed by atoms with E-state index < -0.39 is 38.8 Å². The zero-order valence-electron chi connectivity index (χ0n) is 11.6. The fourth-order valence-corrected chi connectivity index (χ4v) is 4.52. The van der Waals surface area contributed by atoms with Crippen molar-refractivity contribution in [3.63, 3.8) is 0 Å². The molecule has 2 aliphatic carbocycles. The third-order valence-electron chi connectivity index (χ3n) is 4.76. The summed E-state index contributed by atoms with van der Waals surface area (Å²) in [6.45, 7) is 1.65. The minimum atomic E-state index is -3.20. The number of amides is 1. The Hall–Kier alpha value is -0.720. The number of halogens is 2. The Kier molecular flexibility index (Phi) is 4.10. The summed E-state index contributed by atoms with van der Waals surface area (Å²) in [4.78, 5) is 12.1. The molecule has 2 saturated carbocycles. The van der Waals surface area contributed by atoms with Crippen molar-refractivity contribution in [2.75, 3.05) is 12.3 Å². The first-order valence-corrected chi connectivity index (χ1v) is 8.71. The lowest BCUT2D eigenvalue weighted by atomic mass is 9.66. The van der Waals surface area contributed by atoms with Crippen LogP contribution in [0.5, 0.6) is 0 Å². The summed E-state index contributed by atoms with van der Waals surface area (Å²) in [6.07, 6.45) is -0.121. The molecule has 1 amide bonds. The highest BCUT2D eigenvalue weighted by molar-refractivity contribution is 7.93. The predicted octanol–water partition coefficient (Wildman–Crippen LogP) is 1.90. The second-order valence-electron chi connectivity index (χ2n) is 6.00. The topological polar surface area (TPSA) is 63.2 Å². The van der Waals surface area contributed by atoms with Crippen molar-refractivity contribution < 1.29 is 22.0 Å². The molecule has 0 bridgehead atoms. The van der Waals surface area contributed by atoms with Crippen LogP contribution in [0.3, 0.4) is 0 Å².